The Labute approximate surface area is 207 Å². The van der Waals surface area contributed by atoms with Crippen LogP contribution in [0.15, 0.2) is 66.2 Å². The number of rotatable bonds is 9. The van der Waals surface area contributed by atoms with Gasteiger partial charge in [0.1, 0.15) is 11.8 Å². The molecular formula is C29H34N2O4. The smallest absolute Gasteiger partial charge is 0.261 e. The summed E-state index contributed by atoms with van der Waals surface area (Å²) in [5.41, 5.74) is 3.01. The molecule has 2 aliphatic rings. The molecule has 35 heavy (non-hydrogen) atoms. The molecule has 0 spiro atoms. The van der Waals surface area contributed by atoms with Crippen LogP contribution in [0.3, 0.4) is 0 Å². The predicted octanol–water partition coefficient (Wildman–Crippen LogP) is 5.24. The van der Waals surface area contributed by atoms with E-state index in [9.17, 15) is 14.4 Å². The summed E-state index contributed by atoms with van der Waals surface area (Å²) in [6, 6.07) is 15.8. The van der Waals surface area contributed by atoms with Gasteiger partial charge in [-0.3, -0.25) is 14.4 Å². The summed E-state index contributed by atoms with van der Waals surface area (Å²) in [5, 5.41) is 0. The molecule has 1 aliphatic heterocycles. The third kappa shape index (κ3) is 5.99. The van der Waals surface area contributed by atoms with Gasteiger partial charge < -0.3 is 9.64 Å². The number of allylic oxidation sites excluding steroid dienone is 1. The monoisotopic (exact) mass is 474 g/mol. The Kier molecular flexibility index (Phi) is 8.01. The summed E-state index contributed by atoms with van der Waals surface area (Å²) in [7, 11) is 0. The molecule has 1 unspecified atom stereocenters. The van der Waals surface area contributed by atoms with E-state index in [1.165, 1.54) is 16.9 Å². The maximum Gasteiger partial charge on any atom is 0.261 e. The number of hydrogen-bond donors (Lipinski definition) is 0. The van der Waals surface area contributed by atoms with Crippen molar-refractivity contribution in [3.05, 3.63) is 71.8 Å². The summed E-state index contributed by atoms with van der Waals surface area (Å²) in [6.45, 7) is 4.41. The second-order valence-corrected chi connectivity index (χ2v) is 9.58. The number of carbonyl (C=O) groups is 3. The Balaban J connectivity index is 1.51. The van der Waals surface area contributed by atoms with Crippen LogP contribution < -0.4 is 9.64 Å². The van der Waals surface area contributed by atoms with E-state index in [4.69, 9.17) is 4.74 Å². The van der Waals surface area contributed by atoms with E-state index < -0.39 is 6.04 Å². The van der Waals surface area contributed by atoms with Gasteiger partial charge in [0.2, 0.25) is 5.91 Å². The van der Waals surface area contributed by atoms with Gasteiger partial charge in [-0.1, -0.05) is 55.8 Å². The highest BCUT2D eigenvalue weighted by molar-refractivity contribution is 6.23. The standard InChI is InChI=1S/C29H34N2O4/c1-21(2)23-13-15-24(16-14-23)31-27(32)19-26(29(31)34)30(18-17-22-9-5-3-6-10-22)28(33)20-35-25-11-7-4-8-12-25/h4,7-9,11-16,21,26H,3,5-6,10,17-20H2,1-2H3. The fourth-order valence-corrected chi connectivity index (χ4v) is 4.73. The summed E-state index contributed by atoms with van der Waals surface area (Å²) in [6.07, 6.45) is 7.36. The molecule has 2 aromatic rings. The Morgan fingerprint density at radius 3 is 2.46 bits per heavy atom. The molecule has 0 radical (unpaired) electrons. The minimum Gasteiger partial charge on any atom is -0.484 e. The van der Waals surface area contributed by atoms with Gasteiger partial charge in [0, 0.05) is 6.54 Å². The fourth-order valence-electron chi connectivity index (χ4n) is 4.73. The highest BCUT2D eigenvalue weighted by Gasteiger charge is 2.44. The Hall–Kier alpha value is -3.41. The molecule has 0 saturated carbocycles. The quantitative estimate of drug-likeness (QED) is 0.368. The SMILES string of the molecule is CC(C)c1ccc(N2C(=O)CC(N(CCC3=CCCCC3)C(=O)COc3ccccc3)C2=O)cc1. The van der Waals surface area contributed by atoms with Gasteiger partial charge >= 0.3 is 0 Å². The van der Waals surface area contributed by atoms with E-state index in [-0.39, 0.29) is 30.7 Å². The molecule has 3 amide bonds. The zero-order valence-corrected chi connectivity index (χ0v) is 20.6. The number of hydrogen-bond acceptors (Lipinski definition) is 4. The molecular weight excluding hydrogens is 440 g/mol. The van der Waals surface area contributed by atoms with Crippen molar-refractivity contribution in [1.29, 1.82) is 0 Å². The van der Waals surface area contributed by atoms with E-state index in [2.05, 4.69) is 19.9 Å². The number of para-hydroxylation sites is 1. The molecule has 1 fully saturated rings. The molecule has 0 bridgehead atoms. The van der Waals surface area contributed by atoms with Gasteiger partial charge in [0.25, 0.3) is 11.8 Å². The minimum atomic E-state index is -0.816. The second kappa shape index (κ2) is 11.3. The van der Waals surface area contributed by atoms with Crippen LogP contribution in [-0.2, 0) is 14.4 Å². The summed E-state index contributed by atoms with van der Waals surface area (Å²) in [4.78, 5) is 42.5. The van der Waals surface area contributed by atoms with Crippen LogP contribution in [-0.4, -0.2) is 41.8 Å². The van der Waals surface area contributed by atoms with Crippen molar-refractivity contribution in [3.63, 3.8) is 0 Å². The number of imide groups is 1. The topological polar surface area (TPSA) is 66.9 Å². The van der Waals surface area contributed by atoms with Gasteiger partial charge in [0.05, 0.1) is 12.1 Å². The van der Waals surface area contributed by atoms with Crippen molar-refractivity contribution in [2.45, 2.75) is 64.3 Å². The van der Waals surface area contributed by atoms with Crippen LogP contribution in [0.25, 0.3) is 0 Å². The molecule has 1 heterocycles. The Bertz CT molecular complexity index is 1080. The van der Waals surface area contributed by atoms with Crippen LogP contribution in [0, 0.1) is 0 Å². The lowest BCUT2D eigenvalue weighted by Crippen LogP contribution is -2.47. The third-order valence-corrected chi connectivity index (χ3v) is 6.80. The second-order valence-electron chi connectivity index (χ2n) is 9.58. The van der Waals surface area contributed by atoms with Gasteiger partial charge in [-0.2, -0.15) is 0 Å². The largest absolute Gasteiger partial charge is 0.484 e. The van der Waals surface area contributed by atoms with Gasteiger partial charge in [0.15, 0.2) is 6.61 Å². The number of anilines is 1. The van der Waals surface area contributed by atoms with Crippen molar-refractivity contribution in [2.75, 3.05) is 18.1 Å². The first kappa shape index (κ1) is 24.7. The number of benzene rings is 2. The van der Waals surface area contributed by atoms with Gasteiger partial charge in [-0.15, -0.1) is 0 Å². The number of ether oxygens (including phenoxy) is 1. The molecule has 184 valence electrons. The van der Waals surface area contributed by atoms with Crippen molar-refractivity contribution in [3.8, 4) is 5.75 Å². The third-order valence-electron chi connectivity index (χ3n) is 6.80. The summed E-state index contributed by atoms with van der Waals surface area (Å²) < 4.78 is 5.69. The fraction of sp³-hybridized carbons (Fsp3) is 0.414. The Morgan fingerprint density at radius 2 is 1.80 bits per heavy atom. The molecule has 2 aromatic carbocycles. The number of amides is 3. The van der Waals surface area contributed by atoms with E-state index in [0.29, 0.717) is 30.3 Å². The van der Waals surface area contributed by atoms with E-state index in [1.54, 1.807) is 17.0 Å². The normalized spacial score (nSPS) is 18.1. The first-order valence-corrected chi connectivity index (χ1v) is 12.6. The van der Waals surface area contributed by atoms with Crippen LogP contribution in [0.2, 0.25) is 0 Å². The molecule has 6 heteroatoms. The summed E-state index contributed by atoms with van der Waals surface area (Å²) >= 11 is 0. The van der Waals surface area contributed by atoms with Gasteiger partial charge in [-0.05, 0) is 67.9 Å². The van der Waals surface area contributed by atoms with Crippen molar-refractivity contribution in [2.24, 2.45) is 0 Å². The molecule has 6 nitrogen and oxygen atoms in total. The maximum atomic E-state index is 13.5. The summed E-state index contributed by atoms with van der Waals surface area (Å²) in [5.74, 6) is 0.0347. The molecule has 4 rings (SSSR count). The lowest BCUT2D eigenvalue weighted by atomic mass is 9.97. The first-order chi connectivity index (χ1) is 16.9. The zero-order valence-electron chi connectivity index (χ0n) is 20.6. The maximum absolute atomic E-state index is 13.5. The molecule has 1 saturated heterocycles. The lowest BCUT2D eigenvalue weighted by molar-refractivity contribution is -0.140. The number of nitrogens with zero attached hydrogens (tertiary/aromatic N) is 2. The van der Waals surface area contributed by atoms with Crippen molar-refractivity contribution in [1.82, 2.24) is 4.90 Å². The minimum absolute atomic E-state index is 0.0130. The highest BCUT2D eigenvalue weighted by Crippen LogP contribution is 2.29. The average molecular weight is 475 g/mol. The lowest BCUT2D eigenvalue weighted by Gasteiger charge is -2.28. The molecule has 1 atom stereocenters. The van der Waals surface area contributed by atoms with Crippen LogP contribution in [0.1, 0.15) is 63.9 Å². The average Bonchev–Trinajstić information content (AvgIpc) is 3.17. The molecule has 0 aromatic heterocycles. The van der Waals surface area contributed by atoms with E-state index in [0.717, 1.165) is 24.8 Å². The van der Waals surface area contributed by atoms with Crippen molar-refractivity contribution < 1.29 is 19.1 Å². The first-order valence-electron chi connectivity index (χ1n) is 12.6. The predicted molar refractivity (Wildman–Crippen MR) is 136 cm³/mol. The molecule has 0 N–H and O–H groups in total. The van der Waals surface area contributed by atoms with E-state index >= 15 is 0 Å². The zero-order chi connectivity index (χ0) is 24.8. The van der Waals surface area contributed by atoms with Crippen molar-refractivity contribution >= 4 is 23.4 Å². The van der Waals surface area contributed by atoms with Crippen LogP contribution >= 0.6 is 0 Å². The number of carbonyl (C=O) groups excluding carboxylic acids is 3. The molecule has 1 aliphatic carbocycles. The van der Waals surface area contributed by atoms with Crippen LogP contribution in [0.5, 0.6) is 5.75 Å². The highest BCUT2D eigenvalue weighted by atomic mass is 16.5. The van der Waals surface area contributed by atoms with Crippen LogP contribution in [0.4, 0.5) is 5.69 Å². The van der Waals surface area contributed by atoms with E-state index in [1.807, 2.05) is 42.5 Å². The Morgan fingerprint density at radius 1 is 1.06 bits per heavy atom. The van der Waals surface area contributed by atoms with Gasteiger partial charge in [-0.25, -0.2) is 4.90 Å².